The Kier molecular flexibility index (Phi) is 5.58. The van der Waals surface area contributed by atoms with Crippen LogP contribution < -0.4 is 19.3 Å². The fraction of sp³-hybridized carbons (Fsp3) is 0.400. The highest BCUT2D eigenvalue weighted by molar-refractivity contribution is 7.22. The zero-order valence-electron chi connectivity index (χ0n) is 18.6. The van der Waals surface area contributed by atoms with Gasteiger partial charge in [0.1, 0.15) is 13.2 Å². The second-order valence-corrected chi connectivity index (χ2v) is 9.79. The normalized spacial score (nSPS) is 21.9. The quantitative estimate of drug-likeness (QED) is 0.556. The lowest BCUT2D eigenvalue weighted by molar-refractivity contribution is -0.124. The van der Waals surface area contributed by atoms with Gasteiger partial charge in [-0.15, -0.1) is 0 Å². The first kappa shape index (κ1) is 21.4. The minimum Gasteiger partial charge on any atom is -0.486 e. The van der Waals surface area contributed by atoms with Crippen LogP contribution >= 0.6 is 11.3 Å². The summed E-state index contributed by atoms with van der Waals surface area (Å²) in [7, 11) is 0. The summed E-state index contributed by atoms with van der Waals surface area (Å²) in [5.74, 6) is 0.696. The number of fused-ring (bicyclic) bond motifs is 2. The summed E-state index contributed by atoms with van der Waals surface area (Å²) in [4.78, 5) is 34.9. The monoisotopic (exact) mass is 479 g/mol. The fourth-order valence-electron chi connectivity index (χ4n) is 4.77. The molecule has 0 spiro atoms. The van der Waals surface area contributed by atoms with Crippen molar-refractivity contribution in [3.05, 3.63) is 42.5 Å². The molecule has 0 N–H and O–H groups in total. The second-order valence-electron chi connectivity index (χ2n) is 8.78. The fourth-order valence-corrected chi connectivity index (χ4v) is 5.75. The van der Waals surface area contributed by atoms with E-state index in [1.165, 1.54) is 11.3 Å². The number of anilines is 2. The second kappa shape index (κ2) is 8.88. The lowest BCUT2D eigenvalue weighted by Crippen LogP contribution is -2.42. The Morgan fingerprint density at radius 1 is 1.12 bits per heavy atom. The first-order chi connectivity index (χ1) is 16.7. The molecular formula is C25H25N3O5S. The first-order valence-corrected chi connectivity index (χ1v) is 12.5. The van der Waals surface area contributed by atoms with E-state index in [1.807, 2.05) is 42.5 Å². The van der Waals surface area contributed by atoms with Gasteiger partial charge in [-0.2, -0.15) is 0 Å². The van der Waals surface area contributed by atoms with Gasteiger partial charge in [-0.3, -0.25) is 14.5 Å². The van der Waals surface area contributed by atoms with Crippen molar-refractivity contribution in [2.75, 3.05) is 42.7 Å². The molecule has 0 bridgehead atoms. The summed E-state index contributed by atoms with van der Waals surface area (Å²) in [6, 6.07) is 13.3. The molecule has 2 aromatic carbocycles. The molecule has 2 fully saturated rings. The van der Waals surface area contributed by atoms with E-state index in [-0.39, 0.29) is 24.3 Å². The summed E-state index contributed by atoms with van der Waals surface area (Å²) in [5.41, 5.74) is 1.59. The molecule has 2 unspecified atom stereocenters. The lowest BCUT2D eigenvalue weighted by Gasteiger charge is -2.26. The number of hydrogen-bond acceptors (Lipinski definition) is 7. The molecule has 2 atom stereocenters. The van der Waals surface area contributed by atoms with E-state index in [1.54, 1.807) is 9.80 Å². The number of carbonyl (C=O) groups excluding carboxylic acids is 2. The third kappa shape index (κ3) is 3.99. The first-order valence-electron chi connectivity index (χ1n) is 11.6. The summed E-state index contributed by atoms with van der Waals surface area (Å²) in [5, 5.41) is 0.659. The Morgan fingerprint density at radius 2 is 1.97 bits per heavy atom. The number of thiazole rings is 1. The van der Waals surface area contributed by atoms with E-state index >= 15 is 0 Å². The zero-order valence-corrected chi connectivity index (χ0v) is 19.5. The number of benzene rings is 2. The predicted octanol–water partition coefficient (Wildman–Crippen LogP) is 3.63. The van der Waals surface area contributed by atoms with Crippen molar-refractivity contribution >= 4 is 44.2 Å². The van der Waals surface area contributed by atoms with Crippen LogP contribution in [0.25, 0.3) is 10.2 Å². The molecule has 2 saturated heterocycles. The Balaban J connectivity index is 1.26. The molecule has 9 heteroatoms. The molecular weight excluding hydrogens is 454 g/mol. The van der Waals surface area contributed by atoms with Crippen LogP contribution in [0.15, 0.2) is 42.5 Å². The van der Waals surface area contributed by atoms with Gasteiger partial charge in [-0.25, -0.2) is 4.98 Å². The molecule has 3 aliphatic heterocycles. The van der Waals surface area contributed by atoms with E-state index in [9.17, 15) is 9.59 Å². The van der Waals surface area contributed by atoms with Crippen LogP contribution in [0, 0.1) is 5.92 Å². The van der Waals surface area contributed by atoms with Crippen molar-refractivity contribution in [3.63, 3.8) is 0 Å². The number of rotatable bonds is 5. The van der Waals surface area contributed by atoms with Crippen molar-refractivity contribution in [2.45, 2.75) is 25.4 Å². The summed E-state index contributed by atoms with van der Waals surface area (Å²) >= 11 is 1.50. The maximum atomic E-state index is 13.8. The number of carbonyl (C=O) groups is 2. The maximum absolute atomic E-state index is 13.8. The molecule has 4 heterocycles. The van der Waals surface area contributed by atoms with E-state index in [2.05, 4.69) is 0 Å². The van der Waals surface area contributed by atoms with Crippen LogP contribution in [0.1, 0.15) is 19.3 Å². The third-order valence-electron chi connectivity index (χ3n) is 6.50. The third-order valence-corrected chi connectivity index (χ3v) is 7.56. The van der Waals surface area contributed by atoms with Crippen LogP contribution in [0.5, 0.6) is 11.5 Å². The highest BCUT2D eigenvalue weighted by Crippen LogP contribution is 2.37. The Bertz CT molecular complexity index is 1210. The smallest absolute Gasteiger partial charge is 0.234 e. The number of hydrogen-bond donors (Lipinski definition) is 0. The van der Waals surface area contributed by atoms with E-state index < -0.39 is 5.92 Å². The van der Waals surface area contributed by atoms with Gasteiger partial charge in [0, 0.05) is 31.3 Å². The highest BCUT2D eigenvalue weighted by atomic mass is 32.1. The average Bonchev–Trinajstić information content (AvgIpc) is 3.61. The summed E-state index contributed by atoms with van der Waals surface area (Å²) < 4.78 is 18.1. The maximum Gasteiger partial charge on any atom is 0.234 e. The highest BCUT2D eigenvalue weighted by Gasteiger charge is 2.39. The number of nitrogens with zero attached hydrogens (tertiary/aromatic N) is 3. The van der Waals surface area contributed by atoms with Gasteiger partial charge in [0.15, 0.2) is 16.6 Å². The van der Waals surface area contributed by atoms with Gasteiger partial charge >= 0.3 is 0 Å². The molecule has 176 valence electrons. The van der Waals surface area contributed by atoms with Gasteiger partial charge in [0.2, 0.25) is 11.8 Å². The topological polar surface area (TPSA) is 81.2 Å². The molecule has 6 rings (SSSR count). The minimum atomic E-state index is -0.450. The molecule has 3 aliphatic rings. The standard InChI is InChI=1S/C25H25N3O5S/c29-23-12-16(14-27(23)17-7-8-20-21(13-17)33-11-10-32-20)24(30)28(15-18-4-3-9-31-18)25-26-19-5-1-2-6-22(19)34-25/h1-2,5-8,13,16,18H,3-4,9-12,14-15H2. The lowest BCUT2D eigenvalue weighted by atomic mass is 10.1. The van der Waals surface area contributed by atoms with Gasteiger partial charge in [0.05, 0.1) is 28.8 Å². The number of amides is 2. The molecule has 8 nitrogen and oxygen atoms in total. The van der Waals surface area contributed by atoms with Gasteiger partial charge in [-0.05, 0) is 37.1 Å². The molecule has 0 aliphatic carbocycles. The Morgan fingerprint density at radius 3 is 2.79 bits per heavy atom. The van der Waals surface area contributed by atoms with Gasteiger partial charge in [0.25, 0.3) is 0 Å². The average molecular weight is 480 g/mol. The van der Waals surface area contributed by atoms with Crippen LogP contribution in [0.4, 0.5) is 10.8 Å². The number of aromatic nitrogens is 1. The van der Waals surface area contributed by atoms with Crippen LogP contribution in [0.3, 0.4) is 0 Å². The Labute approximate surface area is 201 Å². The molecule has 0 radical (unpaired) electrons. The van der Waals surface area contributed by atoms with Crippen LogP contribution in [0.2, 0.25) is 0 Å². The zero-order chi connectivity index (χ0) is 23.1. The number of para-hydroxylation sites is 1. The molecule has 34 heavy (non-hydrogen) atoms. The minimum absolute atomic E-state index is 0.0121. The Hall–Kier alpha value is -3.17. The summed E-state index contributed by atoms with van der Waals surface area (Å²) in [6.07, 6.45) is 2.07. The molecule has 0 saturated carbocycles. The van der Waals surface area contributed by atoms with Crippen molar-refractivity contribution in [1.29, 1.82) is 0 Å². The van der Waals surface area contributed by atoms with Gasteiger partial charge in [-0.1, -0.05) is 23.5 Å². The largest absolute Gasteiger partial charge is 0.486 e. The summed E-state index contributed by atoms with van der Waals surface area (Å²) in [6.45, 7) is 2.48. The molecule has 3 aromatic rings. The van der Waals surface area contributed by atoms with Crippen molar-refractivity contribution in [3.8, 4) is 11.5 Å². The van der Waals surface area contributed by atoms with Crippen LogP contribution in [-0.2, 0) is 14.3 Å². The van der Waals surface area contributed by atoms with E-state index in [0.29, 0.717) is 49.5 Å². The van der Waals surface area contributed by atoms with Crippen molar-refractivity contribution < 1.29 is 23.8 Å². The molecule has 2 amide bonds. The molecule has 1 aromatic heterocycles. The van der Waals surface area contributed by atoms with Crippen LogP contribution in [-0.4, -0.2) is 55.8 Å². The van der Waals surface area contributed by atoms with E-state index in [0.717, 1.165) is 28.7 Å². The van der Waals surface area contributed by atoms with Crippen molar-refractivity contribution in [2.24, 2.45) is 5.92 Å². The van der Waals surface area contributed by atoms with Crippen molar-refractivity contribution in [1.82, 2.24) is 4.98 Å². The van der Waals surface area contributed by atoms with E-state index in [4.69, 9.17) is 19.2 Å². The predicted molar refractivity (Wildman–Crippen MR) is 129 cm³/mol. The number of ether oxygens (including phenoxy) is 3. The SMILES string of the molecule is O=C1CC(C(=O)N(CC2CCCO2)c2nc3ccccc3s2)CN1c1ccc2c(c1)OCCO2. The van der Waals surface area contributed by atoms with Gasteiger partial charge < -0.3 is 19.1 Å².